The summed E-state index contributed by atoms with van der Waals surface area (Å²) in [6.07, 6.45) is 6.98. The van der Waals surface area contributed by atoms with Gasteiger partial charge in [-0.1, -0.05) is 40.1 Å². The SMILES string of the molecule is Cc1ccc(-c2noc(CCCC(=O)N3CCCCC3c3noc(COCC4CC4)n3)n2)cc1. The predicted octanol–water partition coefficient (Wildman–Crippen LogP) is 4.43. The van der Waals surface area contributed by atoms with Crippen LogP contribution in [0.4, 0.5) is 0 Å². The minimum Gasteiger partial charge on any atom is -0.371 e. The lowest BCUT2D eigenvalue weighted by Gasteiger charge is -2.33. The molecule has 2 fully saturated rings. The largest absolute Gasteiger partial charge is 0.371 e. The van der Waals surface area contributed by atoms with E-state index in [-0.39, 0.29) is 11.9 Å². The van der Waals surface area contributed by atoms with Crippen molar-refractivity contribution in [2.24, 2.45) is 5.92 Å². The lowest BCUT2D eigenvalue weighted by molar-refractivity contribution is -0.135. The van der Waals surface area contributed by atoms with Crippen LogP contribution in [0.3, 0.4) is 0 Å². The Morgan fingerprint density at radius 3 is 2.71 bits per heavy atom. The third-order valence-electron chi connectivity index (χ3n) is 6.44. The Morgan fingerprint density at radius 1 is 1.06 bits per heavy atom. The summed E-state index contributed by atoms with van der Waals surface area (Å²) in [5, 5.41) is 8.23. The molecule has 1 aliphatic heterocycles. The zero-order valence-electron chi connectivity index (χ0n) is 19.6. The van der Waals surface area contributed by atoms with E-state index in [9.17, 15) is 4.79 Å². The number of aromatic nitrogens is 4. The predicted molar refractivity (Wildman–Crippen MR) is 122 cm³/mol. The lowest BCUT2D eigenvalue weighted by atomic mass is 10.0. The van der Waals surface area contributed by atoms with Gasteiger partial charge in [0.05, 0.1) is 12.6 Å². The minimum atomic E-state index is -0.140. The molecular weight excluding hydrogens is 434 g/mol. The normalized spacial score (nSPS) is 18.4. The van der Waals surface area contributed by atoms with Crippen LogP contribution < -0.4 is 0 Å². The van der Waals surface area contributed by atoms with Crippen LogP contribution in [-0.2, 0) is 22.6 Å². The molecule has 9 heteroatoms. The summed E-state index contributed by atoms with van der Waals surface area (Å²) in [5.74, 6) is 2.97. The fourth-order valence-electron chi connectivity index (χ4n) is 4.27. The molecule has 1 aliphatic carbocycles. The van der Waals surface area contributed by atoms with Gasteiger partial charge in [-0.25, -0.2) is 0 Å². The number of hydrogen-bond acceptors (Lipinski definition) is 8. The highest BCUT2D eigenvalue weighted by molar-refractivity contribution is 5.76. The molecule has 2 aromatic heterocycles. The van der Waals surface area contributed by atoms with Gasteiger partial charge in [-0.05, 0) is 51.4 Å². The summed E-state index contributed by atoms with van der Waals surface area (Å²) >= 11 is 0. The number of carbonyl (C=O) groups is 1. The summed E-state index contributed by atoms with van der Waals surface area (Å²) in [5.41, 5.74) is 2.10. The monoisotopic (exact) mass is 465 g/mol. The highest BCUT2D eigenvalue weighted by atomic mass is 16.5. The van der Waals surface area contributed by atoms with Crippen LogP contribution in [0, 0.1) is 12.8 Å². The summed E-state index contributed by atoms with van der Waals surface area (Å²) in [6.45, 7) is 3.83. The van der Waals surface area contributed by atoms with Crippen molar-refractivity contribution in [2.75, 3.05) is 13.2 Å². The highest BCUT2D eigenvalue weighted by Crippen LogP contribution is 2.31. The average Bonchev–Trinajstić information content (AvgIpc) is 3.35. The molecule has 3 heterocycles. The zero-order valence-corrected chi connectivity index (χ0v) is 19.6. The summed E-state index contributed by atoms with van der Waals surface area (Å²) in [6, 6.07) is 7.86. The van der Waals surface area contributed by atoms with Gasteiger partial charge in [0.25, 0.3) is 5.89 Å². The van der Waals surface area contributed by atoms with Gasteiger partial charge >= 0.3 is 0 Å². The van der Waals surface area contributed by atoms with Crippen molar-refractivity contribution in [1.29, 1.82) is 0 Å². The first-order valence-electron chi connectivity index (χ1n) is 12.2. The standard InChI is InChI=1S/C25H31N5O4/c1-17-8-12-19(13-9-17)24-26-21(33-28-24)6-4-7-23(31)30-14-3-2-5-20(30)25-27-22(34-29-25)16-32-15-18-10-11-18/h8-9,12-13,18,20H,2-7,10-11,14-16H2,1H3. The molecule has 1 unspecified atom stereocenters. The van der Waals surface area contributed by atoms with E-state index in [1.54, 1.807) is 0 Å². The van der Waals surface area contributed by atoms with Crippen molar-refractivity contribution in [1.82, 2.24) is 25.2 Å². The Morgan fingerprint density at radius 2 is 1.88 bits per heavy atom. The second-order valence-corrected chi connectivity index (χ2v) is 9.33. The molecule has 3 aromatic rings. The molecule has 34 heavy (non-hydrogen) atoms. The van der Waals surface area contributed by atoms with Gasteiger partial charge in [-0.3, -0.25) is 4.79 Å². The van der Waals surface area contributed by atoms with E-state index in [0.29, 0.717) is 61.8 Å². The molecule has 2 aliphatic rings. The smallest absolute Gasteiger partial charge is 0.252 e. The molecule has 0 N–H and O–H groups in total. The van der Waals surface area contributed by atoms with Crippen molar-refractivity contribution in [2.45, 2.75) is 70.9 Å². The molecule has 0 spiro atoms. The summed E-state index contributed by atoms with van der Waals surface area (Å²) < 4.78 is 16.4. The number of nitrogens with zero attached hydrogens (tertiary/aromatic N) is 5. The van der Waals surface area contributed by atoms with E-state index in [4.69, 9.17) is 13.8 Å². The number of likely N-dealkylation sites (tertiary alicyclic amines) is 1. The molecule has 9 nitrogen and oxygen atoms in total. The number of rotatable bonds is 10. The zero-order chi connectivity index (χ0) is 23.3. The van der Waals surface area contributed by atoms with Crippen LogP contribution in [0.25, 0.3) is 11.4 Å². The van der Waals surface area contributed by atoms with E-state index in [1.165, 1.54) is 18.4 Å². The second-order valence-electron chi connectivity index (χ2n) is 9.33. The number of benzene rings is 1. The van der Waals surface area contributed by atoms with Crippen LogP contribution in [0.1, 0.15) is 74.2 Å². The molecular formula is C25H31N5O4. The molecule has 1 saturated heterocycles. The van der Waals surface area contributed by atoms with E-state index < -0.39 is 0 Å². The van der Waals surface area contributed by atoms with Crippen LogP contribution in [0.5, 0.6) is 0 Å². The molecule has 1 saturated carbocycles. The van der Waals surface area contributed by atoms with Crippen LogP contribution in [-0.4, -0.2) is 44.2 Å². The summed E-state index contributed by atoms with van der Waals surface area (Å²) in [4.78, 5) is 23.9. The van der Waals surface area contributed by atoms with E-state index in [0.717, 1.165) is 31.4 Å². The Hall–Kier alpha value is -3.07. The van der Waals surface area contributed by atoms with Gasteiger partial charge in [0.15, 0.2) is 5.82 Å². The molecule has 0 bridgehead atoms. The van der Waals surface area contributed by atoms with Crippen LogP contribution >= 0.6 is 0 Å². The quantitative estimate of drug-likeness (QED) is 0.433. The van der Waals surface area contributed by atoms with Crippen molar-refractivity contribution >= 4 is 5.91 Å². The number of ether oxygens (including phenoxy) is 1. The fraction of sp³-hybridized carbons (Fsp3) is 0.560. The number of hydrogen-bond donors (Lipinski definition) is 0. The van der Waals surface area contributed by atoms with Gasteiger partial charge in [-0.15, -0.1) is 0 Å². The van der Waals surface area contributed by atoms with E-state index in [1.807, 2.05) is 36.1 Å². The first-order chi connectivity index (χ1) is 16.7. The third kappa shape index (κ3) is 5.70. The Bertz CT molecular complexity index is 1090. The Kier molecular flexibility index (Phi) is 6.99. The van der Waals surface area contributed by atoms with E-state index in [2.05, 4.69) is 20.3 Å². The Balaban J connectivity index is 1.13. The second kappa shape index (κ2) is 10.5. The minimum absolute atomic E-state index is 0.0966. The molecule has 0 radical (unpaired) electrons. The first-order valence-corrected chi connectivity index (χ1v) is 12.2. The van der Waals surface area contributed by atoms with Gasteiger partial charge in [0.2, 0.25) is 17.6 Å². The first kappa shape index (κ1) is 22.7. The maximum atomic E-state index is 13.0. The number of amides is 1. The summed E-state index contributed by atoms with van der Waals surface area (Å²) in [7, 11) is 0. The number of carbonyl (C=O) groups excluding carboxylic acids is 1. The number of aryl methyl sites for hydroxylation is 2. The molecule has 1 atom stereocenters. The average molecular weight is 466 g/mol. The van der Waals surface area contributed by atoms with Crippen LogP contribution in [0.15, 0.2) is 33.3 Å². The lowest BCUT2D eigenvalue weighted by Crippen LogP contribution is -2.39. The van der Waals surface area contributed by atoms with Crippen molar-refractivity contribution in [3.63, 3.8) is 0 Å². The molecule has 1 amide bonds. The number of piperidine rings is 1. The van der Waals surface area contributed by atoms with Gasteiger partial charge < -0.3 is 18.7 Å². The topological polar surface area (TPSA) is 107 Å². The van der Waals surface area contributed by atoms with Gasteiger partial charge in [-0.2, -0.15) is 9.97 Å². The molecule has 180 valence electrons. The van der Waals surface area contributed by atoms with Crippen molar-refractivity contribution in [3.8, 4) is 11.4 Å². The van der Waals surface area contributed by atoms with Crippen molar-refractivity contribution in [3.05, 3.63) is 47.4 Å². The fourth-order valence-corrected chi connectivity index (χ4v) is 4.27. The third-order valence-corrected chi connectivity index (χ3v) is 6.44. The highest BCUT2D eigenvalue weighted by Gasteiger charge is 2.31. The van der Waals surface area contributed by atoms with Gasteiger partial charge in [0, 0.05) is 24.9 Å². The maximum absolute atomic E-state index is 13.0. The van der Waals surface area contributed by atoms with E-state index >= 15 is 0 Å². The van der Waals surface area contributed by atoms with Gasteiger partial charge in [0.1, 0.15) is 6.61 Å². The van der Waals surface area contributed by atoms with Crippen molar-refractivity contribution < 1.29 is 18.6 Å². The molecule has 5 rings (SSSR count). The Labute approximate surface area is 198 Å². The van der Waals surface area contributed by atoms with Crippen LogP contribution in [0.2, 0.25) is 0 Å². The maximum Gasteiger partial charge on any atom is 0.252 e. The molecule has 1 aromatic carbocycles.